The van der Waals surface area contributed by atoms with E-state index in [1.54, 1.807) is 0 Å². The van der Waals surface area contributed by atoms with Gasteiger partial charge in [0.25, 0.3) is 0 Å². The summed E-state index contributed by atoms with van der Waals surface area (Å²) < 4.78 is 0.435. The molecule has 3 nitrogen and oxygen atoms in total. The van der Waals surface area contributed by atoms with Gasteiger partial charge in [0, 0.05) is 0 Å². The van der Waals surface area contributed by atoms with E-state index in [0.717, 1.165) is 11.3 Å². The number of hydrogen-bond donors (Lipinski definition) is 1. The number of hydrogen-bond acceptors (Lipinski definition) is 4. The van der Waals surface area contributed by atoms with Crippen LogP contribution in [0.3, 0.4) is 0 Å². The van der Waals surface area contributed by atoms with E-state index in [4.69, 9.17) is 5.41 Å². The molecule has 0 radical (unpaired) electrons. The van der Waals surface area contributed by atoms with Crippen LogP contribution in [0.25, 0.3) is 0 Å². The number of nitrogens with one attached hydrogen (secondary N) is 1. The Morgan fingerprint density at radius 1 is 1.75 bits per heavy atom. The van der Waals surface area contributed by atoms with Crippen LogP contribution in [-0.4, -0.2) is 5.10 Å². The van der Waals surface area contributed by atoms with Gasteiger partial charge in [-0.1, -0.05) is 4.80 Å². The predicted octanol–water partition coefficient (Wildman–Crippen LogP) is -0.517. The topological polar surface area (TPSA) is 50.8 Å². The summed E-state index contributed by atoms with van der Waals surface area (Å²) in [5.41, 5.74) is 0. The molecule has 1 N–H and O–H groups in total. The van der Waals surface area contributed by atoms with Gasteiger partial charge in [-0.2, -0.15) is 0 Å². The molecule has 1 rings (SSSR count). The van der Waals surface area contributed by atoms with Gasteiger partial charge in [0.1, 0.15) is 0 Å². The molecule has 0 aliphatic rings. The second kappa shape index (κ2) is 3.32. The van der Waals surface area contributed by atoms with Gasteiger partial charge in [0.2, 0.25) is 0 Å². The Morgan fingerprint density at radius 2 is 2.38 bits per heavy atom. The number of aromatic nitrogens is 2. The summed E-state index contributed by atoms with van der Waals surface area (Å²) >= 11 is 5.66. The normalized spacial score (nSPS) is 8.00. The molecule has 0 bridgehead atoms. The Labute approximate surface area is 69.7 Å². The predicted molar refractivity (Wildman–Crippen MR) is 26.9 cm³/mol. The molecule has 0 aromatic carbocycles. The molecule has 0 saturated carbocycles. The minimum absolute atomic E-state index is 0. The molecular weight excluding hydrogens is 325 g/mol. The van der Waals surface area contributed by atoms with Crippen LogP contribution < -0.4 is 9.90 Å². The second-order valence-electron chi connectivity index (χ2n) is 0.873. The van der Waals surface area contributed by atoms with Crippen molar-refractivity contribution in [2.45, 2.75) is 4.34 Å². The van der Waals surface area contributed by atoms with Crippen LogP contribution in [0.4, 0.5) is 0 Å². The molecule has 1 aromatic heterocycles. The maximum absolute atomic E-state index is 6.79. The average molecular weight is 326 g/mol. The van der Waals surface area contributed by atoms with Crippen LogP contribution in [0, 0.1) is 5.41 Å². The van der Waals surface area contributed by atoms with Gasteiger partial charge in [-0.3, -0.25) is 5.10 Å². The molecule has 0 amide bonds. The fraction of sp³-hybridized carbons (Fsp3) is 0. The first-order chi connectivity index (χ1) is 3.29. The summed E-state index contributed by atoms with van der Waals surface area (Å²) in [6.45, 7) is 0. The van der Waals surface area contributed by atoms with E-state index in [-0.39, 0.29) is 25.9 Å². The zero-order valence-corrected chi connectivity index (χ0v) is 7.43. The Hall–Kier alpha value is 0.268. The van der Waals surface area contributed by atoms with Gasteiger partial charge >= 0.3 is 21.1 Å². The zero-order chi connectivity index (χ0) is 5.28. The van der Waals surface area contributed by atoms with Gasteiger partial charge in [-0.25, -0.2) is 0 Å². The first-order valence-electron chi connectivity index (χ1n) is 1.51. The summed E-state index contributed by atoms with van der Waals surface area (Å²) in [6, 6.07) is 0. The third-order valence-electron chi connectivity index (χ3n) is 0.406. The minimum Gasteiger partial charge on any atom is -0.489 e. The maximum Gasteiger partial charge on any atom is 2.00 e. The summed E-state index contributed by atoms with van der Waals surface area (Å²) in [6.07, 6.45) is 0. The van der Waals surface area contributed by atoms with Crippen LogP contribution in [0.15, 0.2) is 4.34 Å². The molecule has 1 heterocycles. The van der Waals surface area contributed by atoms with Crippen molar-refractivity contribution in [1.29, 1.82) is 5.41 Å². The van der Waals surface area contributed by atoms with Crippen molar-refractivity contribution in [3.05, 3.63) is 4.80 Å². The van der Waals surface area contributed by atoms with Crippen LogP contribution >= 0.6 is 11.3 Å². The van der Waals surface area contributed by atoms with Gasteiger partial charge in [0.15, 0.2) is 0 Å². The molecule has 8 heavy (non-hydrogen) atoms. The van der Waals surface area contributed by atoms with Crippen molar-refractivity contribution in [3.8, 4) is 0 Å². The molecule has 0 aliphatic carbocycles. The maximum atomic E-state index is 6.79. The van der Waals surface area contributed by atoms with Crippen molar-refractivity contribution in [2.75, 3.05) is 0 Å². The SMILES string of the molecule is N=c1[n-]nc([S-])s1.[Pt+2]. The van der Waals surface area contributed by atoms with E-state index in [1.165, 1.54) is 0 Å². The zero-order valence-electron chi connectivity index (χ0n) is 3.53. The quantitative estimate of drug-likeness (QED) is 0.653. The van der Waals surface area contributed by atoms with Crippen molar-refractivity contribution < 1.29 is 21.1 Å². The fourth-order valence-corrected chi connectivity index (χ4v) is 0.816. The standard InChI is InChI=1S/C2H2N3S2.Pt/c3-1-4-5-2(6)7-1;/h(H2-,3,4,5,6);/q-1;+2/p-1. The molecule has 0 spiro atoms. The van der Waals surface area contributed by atoms with E-state index in [0.29, 0.717) is 4.34 Å². The van der Waals surface area contributed by atoms with E-state index < -0.39 is 0 Å². The third kappa shape index (κ3) is 2.03. The smallest absolute Gasteiger partial charge is 0.489 e. The van der Waals surface area contributed by atoms with Crippen molar-refractivity contribution in [2.24, 2.45) is 0 Å². The summed E-state index contributed by atoms with van der Waals surface area (Å²) in [5.74, 6) is 0. The van der Waals surface area contributed by atoms with E-state index in [2.05, 4.69) is 22.8 Å². The van der Waals surface area contributed by atoms with Gasteiger partial charge in [0.05, 0.1) is 0 Å². The van der Waals surface area contributed by atoms with Crippen molar-refractivity contribution in [3.63, 3.8) is 0 Å². The molecule has 0 atom stereocenters. The van der Waals surface area contributed by atoms with Crippen LogP contribution in [0.1, 0.15) is 0 Å². The molecule has 46 valence electrons. The monoisotopic (exact) mass is 326 g/mol. The molecule has 0 fully saturated rings. The molecule has 0 aliphatic heterocycles. The molecular formula is C2HN3PtS2. The molecule has 0 saturated heterocycles. The summed E-state index contributed by atoms with van der Waals surface area (Å²) in [4.78, 5) is 0.185. The Bertz CT molecular complexity index is 203. The number of rotatable bonds is 0. The fourth-order valence-electron chi connectivity index (χ4n) is 0.210. The molecule has 0 unspecified atom stereocenters. The van der Waals surface area contributed by atoms with Crippen LogP contribution in [-0.2, 0) is 33.7 Å². The van der Waals surface area contributed by atoms with Crippen molar-refractivity contribution in [1.82, 2.24) is 10.2 Å². The minimum atomic E-state index is 0. The summed E-state index contributed by atoms with van der Waals surface area (Å²) in [7, 11) is 0. The first kappa shape index (κ1) is 8.27. The van der Waals surface area contributed by atoms with E-state index >= 15 is 0 Å². The largest absolute Gasteiger partial charge is 2.00 e. The van der Waals surface area contributed by atoms with Crippen molar-refractivity contribution >= 4 is 24.0 Å². The van der Waals surface area contributed by atoms with Crippen LogP contribution in [0.5, 0.6) is 0 Å². The third-order valence-corrected chi connectivity index (χ3v) is 1.27. The second-order valence-corrected chi connectivity index (χ2v) is 2.50. The Balaban J connectivity index is 0.000000490. The van der Waals surface area contributed by atoms with E-state index in [9.17, 15) is 0 Å². The average Bonchev–Trinajstić information content (AvgIpc) is 1.87. The van der Waals surface area contributed by atoms with Gasteiger partial charge in [-0.15, -0.1) is 0 Å². The van der Waals surface area contributed by atoms with Gasteiger partial charge in [-0.05, 0) is 4.34 Å². The van der Waals surface area contributed by atoms with Gasteiger partial charge < -0.3 is 34.5 Å². The molecule has 6 heteroatoms. The summed E-state index contributed by atoms with van der Waals surface area (Å²) in [5, 5.41) is 13.6. The Kier molecular flexibility index (Phi) is 3.44. The van der Waals surface area contributed by atoms with E-state index in [1.807, 2.05) is 0 Å². The first-order valence-corrected chi connectivity index (χ1v) is 2.73. The number of nitrogens with zero attached hydrogens (tertiary/aromatic N) is 2. The van der Waals surface area contributed by atoms with Crippen LogP contribution in [0.2, 0.25) is 0 Å². The Morgan fingerprint density at radius 3 is 2.50 bits per heavy atom. The molecule has 1 aromatic rings.